The van der Waals surface area contributed by atoms with E-state index in [1.165, 1.54) is 24.3 Å². The molecule has 2 aromatic carbocycles. The van der Waals surface area contributed by atoms with Crippen LogP contribution >= 0.6 is 15.9 Å². The zero-order valence-corrected chi connectivity index (χ0v) is 16.6. The van der Waals surface area contributed by atoms with Crippen molar-refractivity contribution in [3.63, 3.8) is 0 Å². The van der Waals surface area contributed by atoms with Gasteiger partial charge in [0.2, 0.25) is 11.8 Å². The van der Waals surface area contributed by atoms with Crippen LogP contribution < -0.4 is 10.2 Å². The third kappa shape index (κ3) is 4.45. The zero-order chi connectivity index (χ0) is 20.3. The molecule has 1 aliphatic heterocycles. The minimum absolute atomic E-state index is 0.190. The molecule has 0 aromatic heterocycles. The van der Waals surface area contributed by atoms with E-state index in [1.54, 1.807) is 12.1 Å². The molecule has 0 bridgehead atoms. The van der Waals surface area contributed by atoms with Gasteiger partial charge in [-0.1, -0.05) is 15.9 Å². The molecule has 0 radical (unpaired) electrons. The first-order valence-corrected chi connectivity index (χ1v) is 9.33. The van der Waals surface area contributed by atoms with E-state index in [9.17, 15) is 19.2 Å². The molecule has 1 aliphatic rings. The molecule has 1 heterocycles. The summed E-state index contributed by atoms with van der Waals surface area (Å²) in [6.45, 7) is 1.46. The topological polar surface area (TPSA) is 92.8 Å². The number of rotatable bonds is 5. The van der Waals surface area contributed by atoms with E-state index in [4.69, 9.17) is 4.74 Å². The first-order chi connectivity index (χ1) is 13.3. The largest absolute Gasteiger partial charge is 0.452 e. The SMILES string of the molecule is Cc1cc(NC(=O)COC(=O)c2ccc(N3C(=O)CCC3=O)cc2)ccc1Br. The Morgan fingerprint density at radius 1 is 1.07 bits per heavy atom. The second kappa shape index (κ2) is 8.35. The van der Waals surface area contributed by atoms with Gasteiger partial charge in [0.1, 0.15) is 0 Å². The van der Waals surface area contributed by atoms with E-state index >= 15 is 0 Å². The molecule has 3 amide bonds. The fourth-order valence-electron chi connectivity index (χ4n) is 2.75. The van der Waals surface area contributed by atoms with Gasteiger partial charge in [-0.25, -0.2) is 4.79 Å². The quantitative estimate of drug-likeness (QED) is 0.564. The number of hydrogen-bond donors (Lipinski definition) is 1. The summed E-state index contributed by atoms with van der Waals surface area (Å²) in [6, 6.07) is 11.2. The molecule has 1 N–H and O–H groups in total. The lowest BCUT2D eigenvalue weighted by atomic mass is 10.2. The number of imide groups is 1. The second-order valence-electron chi connectivity index (χ2n) is 6.26. The van der Waals surface area contributed by atoms with Crippen LogP contribution in [0.25, 0.3) is 0 Å². The fraction of sp³-hybridized carbons (Fsp3) is 0.200. The van der Waals surface area contributed by atoms with Crippen LogP contribution in [0, 0.1) is 6.92 Å². The van der Waals surface area contributed by atoms with Gasteiger partial charge in [0.15, 0.2) is 6.61 Å². The number of nitrogens with zero attached hydrogens (tertiary/aromatic N) is 1. The number of carbonyl (C=O) groups is 4. The molecular formula is C20H17BrN2O5. The van der Waals surface area contributed by atoms with Crippen LogP contribution in [-0.4, -0.2) is 30.3 Å². The molecule has 2 aromatic rings. The third-order valence-corrected chi connectivity index (χ3v) is 5.08. The number of nitrogens with one attached hydrogen (secondary N) is 1. The molecule has 8 heteroatoms. The smallest absolute Gasteiger partial charge is 0.338 e. The van der Waals surface area contributed by atoms with Crippen molar-refractivity contribution in [1.29, 1.82) is 0 Å². The van der Waals surface area contributed by atoms with Crippen LogP contribution in [0.1, 0.15) is 28.8 Å². The molecule has 28 heavy (non-hydrogen) atoms. The second-order valence-corrected chi connectivity index (χ2v) is 7.11. The molecule has 0 spiro atoms. The van der Waals surface area contributed by atoms with Crippen molar-refractivity contribution in [2.45, 2.75) is 19.8 Å². The highest BCUT2D eigenvalue weighted by atomic mass is 79.9. The van der Waals surface area contributed by atoms with Crippen molar-refractivity contribution in [3.8, 4) is 0 Å². The van der Waals surface area contributed by atoms with Crippen molar-refractivity contribution < 1.29 is 23.9 Å². The number of halogens is 1. The molecule has 0 aliphatic carbocycles. The molecule has 7 nitrogen and oxygen atoms in total. The number of aryl methyl sites for hydroxylation is 1. The number of benzene rings is 2. The number of carbonyl (C=O) groups excluding carboxylic acids is 4. The molecule has 1 saturated heterocycles. The van der Waals surface area contributed by atoms with Gasteiger partial charge in [-0.3, -0.25) is 19.3 Å². The molecule has 0 unspecified atom stereocenters. The Balaban J connectivity index is 1.55. The van der Waals surface area contributed by atoms with Crippen molar-refractivity contribution in [1.82, 2.24) is 0 Å². The summed E-state index contributed by atoms with van der Waals surface area (Å²) in [6.07, 6.45) is 0.380. The van der Waals surface area contributed by atoms with Gasteiger partial charge in [0, 0.05) is 23.0 Å². The first-order valence-electron chi connectivity index (χ1n) is 8.54. The summed E-state index contributed by atoms with van der Waals surface area (Å²) in [4.78, 5) is 48.6. The summed E-state index contributed by atoms with van der Waals surface area (Å²) in [5.74, 6) is -1.66. The Morgan fingerprint density at radius 2 is 1.71 bits per heavy atom. The van der Waals surface area contributed by atoms with Crippen LogP contribution in [-0.2, 0) is 19.1 Å². The number of hydrogen-bond acceptors (Lipinski definition) is 5. The maximum atomic E-state index is 12.1. The Morgan fingerprint density at radius 3 is 2.32 bits per heavy atom. The first kappa shape index (κ1) is 19.8. The number of esters is 1. The highest BCUT2D eigenvalue weighted by Crippen LogP contribution is 2.23. The van der Waals surface area contributed by atoms with Gasteiger partial charge in [-0.05, 0) is 55.0 Å². The maximum absolute atomic E-state index is 12.1. The molecule has 3 rings (SSSR count). The van der Waals surface area contributed by atoms with Crippen molar-refractivity contribution in [3.05, 3.63) is 58.1 Å². The average molecular weight is 445 g/mol. The highest BCUT2D eigenvalue weighted by Gasteiger charge is 2.30. The normalized spacial score (nSPS) is 13.6. The minimum atomic E-state index is -0.673. The zero-order valence-electron chi connectivity index (χ0n) is 15.0. The van der Waals surface area contributed by atoms with Crippen LogP contribution in [0.2, 0.25) is 0 Å². The Hall–Kier alpha value is -3.00. The summed E-state index contributed by atoms with van der Waals surface area (Å²) >= 11 is 3.38. The number of ether oxygens (including phenoxy) is 1. The van der Waals surface area contributed by atoms with Crippen LogP contribution in [0.4, 0.5) is 11.4 Å². The highest BCUT2D eigenvalue weighted by molar-refractivity contribution is 9.10. The Labute approximate surface area is 169 Å². The maximum Gasteiger partial charge on any atom is 0.338 e. The van der Waals surface area contributed by atoms with Gasteiger partial charge < -0.3 is 10.1 Å². The van der Waals surface area contributed by atoms with Crippen LogP contribution in [0.3, 0.4) is 0 Å². The summed E-state index contributed by atoms with van der Waals surface area (Å²) in [7, 11) is 0. The summed E-state index contributed by atoms with van der Waals surface area (Å²) < 4.78 is 5.94. The van der Waals surface area contributed by atoms with Crippen molar-refractivity contribution >= 4 is 51.0 Å². The standard InChI is InChI=1S/C20H17BrN2O5/c1-12-10-14(4-7-16(12)21)22-17(24)11-28-20(27)13-2-5-15(6-3-13)23-18(25)8-9-19(23)26/h2-7,10H,8-9,11H2,1H3,(H,22,24). The molecule has 1 fully saturated rings. The molecule has 0 atom stereocenters. The van der Waals surface area contributed by atoms with Crippen molar-refractivity contribution in [2.75, 3.05) is 16.8 Å². The lowest BCUT2D eigenvalue weighted by Crippen LogP contribution is -2.28. The van der Waals surface area contributed by atoms with E-state index in [1.807, 2.05) is 13.0 Å². The van der Waals surface area contributed by atoms with E-state index in [-0.39, 0.29) is 30.2 Å². The van der Waals surface area contributed by atoms with Gasteiger partial charge in [0.05, 0.1) is 11.3 Å². The Bertz CT molecular complexity index is 940. The monoisotopic (exact) mass is 444 g/mol. The third-order valence-electron chi connectivity index (χ3n) is 4.19. The van der Waals surface area contributed by atoms with Gasteiger partial charge in [-0.15, -0.1) is 0 Å². The lowest BCUT2D eigenvalue weighted by molar-refractivity contribution is -0.121. The van der Waals surface area contributed by atoms with Crippen LogP contribution in [0.5, 0.6) is 0 Å². The minimum Gasteiger partial charge on any atom is -0.452 e. The predicted molar refractivity (Wildman–Crippen MR) is 106 cm³/mol. The predicted octanol–water partition coefficient (Wildman–Crippen LogP) is 3.21. The fourth-order valence-corrected chi connectivity index (χ4v) is 2.99. The number of anilines is 2. The molecule has 144 valence electrons. The summed E-state index contributed by atoms with van der Waals surface area (Å²) in [5, 5.41) is 2.65. The van der Waals surface area contributed by atoms with E-state index in [0.717, 1.165) is 14.9 Å². The van der Waals surface area contributed by atoms with Crippen LogP contribution in [0.15, 0.2) is 46.9 Å². The molecule has 0 saturated carbocycles. The van der Waals surface area contributed by atoms with Gasteiger partial charge in [-0.2, -0.15) is 0 Å². The average Bonchev–Trinajstić information content (AvgIpc) is 3.01. The Kier molecular flexibility index (Phi) is 5.89. The van der Waals surface area contributed by atoms with E-state index in [0.29, 0.717) is 11.4 Å². The summed E-state index contributed by atoms with van der Waals surface area (Å²) in [5.41, 5.74) is 2.19. The van der Waals surface area contributed by atoms with Gasteiger partial charge >= 0.3 is 5.97 Å². The van der Waals surface area contributed by atoms with E-state index < -0.39 is 18.5 Å². The molecular weight excluding hydrogens is 428 g/mol. The van der Waals surface area contributed by atoms with Crippen molar-refractivity contribution in [2.24, 2.45) is 0 Å². The van der Waals surface area contributed by atoms with E-state index in [2.05, 4.69) is 21.2 Å². The van der Waals surface area contributed by atoms with Gasteiger partial charge in [0.25, 0.3) is 5.91 Å². The lowest BCUT2D eigenvalue weighted by Gasteiger charge is -2.14. The number of amides is 3.